The fraction of sp³-hybridized carbons (Fsp3) is 0.500. The van der Waals surface area contributed by atoms with Gasteiger partial charge in [0.2, 0.25) is 5.91 Å². The van der Waals surface area contributed by atoms with Crippen LogP contribution in [0, 0.1) is 11.8 Å². The summed E-state index contributed by atoms with van der Waals surface area (Å²) < 4.78 is 5.70. The summed E-state index contributed by atoms with van der Waals surface area (Å²) in [5.74, 6) is 1.91. The highest BCUT2D eigenvalue weighted by Crippen LogP contribution is 2.38. The Kier molecular flexibility index (Phi) is 7.54. The Hall–Kier alpha value is -2.33. The van der Waals surface area contributed by atoms with Gasteiger partial charge >= 0.3 is 0 Å². The number of carbonyl (C=O) groups is 1. The summed E-state index contributed by atoms with van der Waals surface area (Å²) in [6.45, 7) is 11.9. The van der Waals surface area contributed by atoms with E-state index in [4.69, 9.17) is 4.74 Å². The molecule has 0 N–H and O–H groups in total. The van der Waals surface area contributed by atoms with Crippen LogP contribution in [-0.4, -0.2) is 48.5 Å². The molecule has 1 heterocycles. The van der Waals surface area contributed by atoms with Gasteiger partial charge in [-0.3, -0.25) is 9.69 Å². The third kappa shape index (κ3) is 5.23. The van der Waals surface area contributed by atoms with E-state index in [1.807, 2.05) is 26.0 Å². The molecule has 30 heavy (non-hydrogen) atoms. The van der Waals surface area contributed by atoms with Gasteiger partial charge in [0.05, 0.1) is 7.11 Å². The average Bonchev–Trinajstić information content (AvgIpc) is 3.13. The lowest BCUT2D eigenvalue weighted by Crippen LogP contribution is -2.43. The summed E-state index contributed by atoms with van der Waals surface area (Å²) in [5.41, 5.74) is 2.58. The van der Waals surface area contributed by atoms with Gasteiger partial charge in [0.25, 0.3) is 0 Å². The van der Waals surface area contributed by atoms with E-state index in [2.05, 4.69) is 66.1 Å². The summed E-state index contributed by atoms with van der Waals surface area (Å²) in [4.78, 5) is 17.5. The first kappa shape index (κ1) is 22.4. The quantitative estimate of drug-likeness (QED) is 0.629. The lowest BCUT2D eigenvalue weighted by molar-refractivity contribution is -0.136. The van der Waals surface area contributed by atoms with E-state index in [1.165, 1.54) is 11.1 Å². The number of nitrogens with zero attached hydrogens (tertiary/aromatic N) is 2. The van der Waals surface area contributed by atoms with E-state index in [0.29, 0.717) is 11.8 Å². The molecule has 0 radical (unpaired) electrons. The summed E-state index contributed by atoms with van der Waals surface area (Å²) in [7, 11) is 1.74. The van der Waals surface area contributed by atoms with E-state index in [9.17, 15) is 4.79 Å². The molecule has 1 saturated heterocycles. The minimum atomic E-state index is 0.0129. The predicted molar refractivity (Wildman–Crippen MR) is 123 cm³/mol. The van der Waals surface area contributed by atoms with E-state index < -0.39 is 0 Å². The van der Waals surface area contributed by atoms with Gasteiger partial charge < -0.3 is 9.64 Å². The van der Waals surface area contributed by atoms with Crippen LogP contribution in [0.5, 0.6) is 5.75 Å². The first-order valence-corrected chi connectivity index (χ1v) is 11.1. The Morgan fingerprint density at radius 2 is 1.70 bits per heavy atom. The molecule has 1 aliphatic rings. The van der Waals surface area contributed by atoms with E-state index >= 15 is 0 Å². The molecule has 0 aromatic heterocycles. The van der Waals surface area contributed by atoms with Crippen molar-refractivity contribution in [2.24, 2.45) is 11.8 Å². The minimum absolute atomic E-state index is 0.0129. The lowest BCUT2D eigenvalue weighted by Gasteiger charge is -2.33. The highest BCUT2D eigenvalue weighted by Gasteiger charge is 2.37. The zero-order chi connectivity index (χ0) is 21.7. The fourth-order valence-electron chi connectivity index (χ4n) is 4.58. The molecule has 0 saturated carbocycles. The van der Waals surface area contributed by atoms with Crippen molar-refractivity contribution in [3.63, 3.8) is 0 Å². The second-order valence-electron chi connectivity index (χ2n) is 9.03. The van der Waals surface area contributed by atoms with Crippen LogP contribution in [0.1, 0.15) is 44.7 Å². The van der Waals surface area contributed by atoms with Crippen molar-refractivity contribution < 1.29 is 9.53 Å². The summed E-state index contributed by atoms with van der Waals surface area (Å²) in [6.07, 6.45) is 0. The molecule has 0 aliphatic carbocycles. The Morgan fingerprint density at radius 1 is 1.03 bits per heavy atom. The van der Waals surface area contributed by atoms with Gasteiger partial charge in [-0.25, -0.2) is 0 Å². The van der Waals surface area contributed by atoms with Crippen LogP contribution in [0.4, 0.5) is 0 Å². The van der Waals surface area contributed by atoms with Gasteiger partial charge in [-0.15, -0.1) is 0 Å². The number of hydrogen-bond acceptors (Lipinski definition) is 3. The first-order valence-electron chi connectivity index (χ1n) is 11.1. The number of ether oxygens (including phenoxy) is 1. The van der Waals surface area contributed by atoms with Crippen molar-refractivity contribution >= 4 is 5.91 Å². The number of amides is 1. The standard InChI is InChI=1S/C26H36N2O2/c1-19(2)26(29)28(20(3)4)17-22-16-27(15-21-11-7-6-8-12-21)18-24(22)23-13-9-10-14-25(23)30-5/h6-14,19-20,22,24H,15-18H2,1-5H3. The molecular weight excluding hydrogens is 372 g/mol. The Balaban J connectivity index is 1.87. The summed E-state index contributed by atoms with van der Waals surface area (Å²) in [5, 5.41) is 0. The molecule has 3 rings (SSSR count). The SMILES string of the molecule is COc1ccccc1C1CN(Cc2ccccc2)CC1CN(C(=O)C(C)C)C(C)C. The van der Waals surface area contributed by atoms with Crippen LogP contribution in [0.3, 0.4) is 0 Å². The second-order valence-corrected chi connectivity index (χ2v) is 9.03. The van der Waals surface area contributed by atoms with Crippen LogP contribution in [-0.2, 0) is 11.3 Å². The van der Waals surface area contributed by atoms with Crippen LogP contribution < -0.4 is 4.74 Å². The topological polar surface area (TPSA) is 32.8 Å². The van der Waals surface area contributed by atoms with Gasteiger partial charge in [-0.1, -0.05) is 62.4 Å². The number of hydrogen-bond donors (Lipinski definition) is 0. The molecule has 1 amide bonds. The lowest BCUT2D eigenvalue weighted by atomic mass is 9.87. The number of carbonyl (C=O) groups excluding carboxylic acids is 1. The molecule has 4 nitrogen and oxygen atoms in total. The molecule has 4 heteroatoms. The number of para-hydroxylation sites is 1. The Labute approximate surface area is 181 Å². The van der Waals surface area contributed by atoms with Crippen molar-refractivity contribution in [2.45, 2.75) is 46.2 Å². The second kappa shape index (κ2) is 10.1. The summed E-state index contributed by atoms with van der Waals surface area (Å²) >= 11 is 0. The maximum Gasteiger partial charge on any atom is 0.225 e. The first-order chi connectivity index (χ1) is 14.4. The van der Waals surface area contributed by atoms with Crippen LogP contribution in [0.25, 0.3) is 0 Å². The number of likely N-dealkylation sites (tertiary alicyclic amines) is 1. The van der Waals surface area contributed by atoms with Crippen molar-refractivity contribution in [2.75, 3.05) is 26.7 Å². The smallest absolute Gasteiger partial charge is 0.225 e. The van der Waals surface area contributed by atoms with Crippen molar-refractivity contribution in [3.05, 3.63) is 65.7 Å². The molecule has 2 aromatic carbocycles. The third-order valence-corrected chi connectivity index (χ3v) is 6.14. The predicted octanol–water partition coefficient (Wildman–Crippen LogP) is 4.80. The third-order valence-electron chi connectivity index (χ3n) is 6.14. The maximum absolute atomic E-state index is 12.9. The number of rotatable bonds is 8. The number of methoxy groups -OCH3 is 1. The van der Waals surface area contributed by atoms with Gasteiger partial charge in [0.1, 0.15) is 5.75 Å². The molecular formula is C26H36N2O2. The maximum atomic E-state index is 12.9. The van der Waals surface area contributed by atoms with E-state index in [0.717, 1.165) is 31.9 Å². The van der Waals surface area contributed by atoms with Crippen LogP contribution in [0.15, 0.2) is 54.6 Å². The Morgan fingerprint density at radius 3 is 2.33 bits per heavy atom. The zero-order valence-corrected chi connectivity index (χ0v) is 19.0. The van der Waals surface area contributed by atoms with Crippen LogP contribution in [0.2, 0.25) is 0 Å². The Bertz CT molecular complexity index is 819. The van der Waals surface area contributed by atoms with Gasteiger partial charge in [0.15, 0.2) is 0 Å². The highest BCUT2D eigenvalue weighted by atomic mass is 16.5. The largest absolute Gasteiger partial charge is 0.496 e. The molecule has 2 atom stereocenters. The van der Waals surface area contributed by atoms with E-state index in [-0.39, 0.29) is 17.9 Å². The molecule has 0 bridgehead atoms. The fourth-order valence-corrected chi connectivity index (χ4v) is 4.58. The van der Waals surface area contributed by atoms with Gasteiger partial charge in [-0.2, -0.15) is 0 Å². The zero-order valence-electron chi connectivity index (χ0n) is 19.0. The molecule has 2 unspecified atom stereocenters. The average molecular weight is 409 g/mol. The summed E-state index contributed by atoms with van der Waals surface area (Å²) in [6, 6.07) is 19.2. The molecule has 1 aliphatic heterocycles. The number of benzene rings is 2. The molecule has 0 spiro atoms. The van der Waals surface area contributed by atoms with Crippen LogP contribution >= 0.6 is 0 Å². The van der Waals surface area contributed by atoms with Crippen molar-refractivity contribution in [1.82, 2.24) is 9.80 Å². The van der Waals surface area contributed by atoms with E-state index in [1.54, 1.807) is 7.11 Å². The normalized spacial score (nSPS) is 19.4. The minimum Gasteiger partial charge on any atom is -0.496 e. The van der Waals surface area contributed by atoms with Crippen molar-refractivity contribution in [3.8, 4) is 5.75 Å². The van der Waals surface area contributed by atoms with Crippen molar-refractivity contribution in [1.29, 1.82) is 0 Å². The van der Waals surface area contributed by atoms with Gasteiger partial charge in [0, 0.05) is 44.1 Å². The molecule has 162 valence electrons. The molecule has 1 fully saturated rings. The molecule has 2 aromatic rings. The van der Waals surface area contributed by atoms with Gasteiger partial charge in [-0.05, 0) is 37.0 Å². The highest BCUT2D eigenvalue weighted by molar-refractivity contribution is 5.78. The monoisotopic (exact) mass is 408 g/mol.